The summed E-state index contributed by atoms with van der Waals surface area (Å²) < 4.78 is 5.65. The number of benzene rings is 3. The Morgan fingerprint density at radius 1 is 0.824 bits per heavy atom. The van der Waals surface area contributed by atoms with Crippen molar-refractivity contribution < 1.29 is 19.1 Å². The molecule has 0 heterocycles. The smallest absolute Gasteiger partial charge is 0.329 e. The van der Waals surface area contributed by atoms with E-state index in [9.17, 15) is 14.4 Å². The molecule has 3 N–H and O–H groups in total. The van der Waals surface area contributed by atoms with Crippen molar-refractivity contribution in [3.05, 3.63) is 89.0 Å². The maximum Gasteiger partial charge on any atom is 0.329 e. The van der Waals surface area contributed by atoms with Crippen molar-refractivity contribution in [2.24, 2.45) is 5.10 Å². The summed E-state index contributed by atoms with van der Waals surface area (Å²) in [6.07, 6.45) is 1.34. The minimum absolute atomic E-state index is 0.204. The number of hydrazone groups is 1. The molecule has 3 aromatic rings. The van der Waals surface area contributed by atoms with E-state index in [1.54, 1.807) is 36.4 Å². The fourth-order valence-corrected chi connectivity index (χ4v) is 3.09. The van der Waals surface area contributed by atoms with E-state index in [4.69, 9.17) is 4.74 Å². The number of para-hydroxylation sites is 2. The van der Waals surface area contributed by atoms with Crippen LogP contribution in [0.4, 0.5) is 11.4 Å². The van der Waals surface area contributed by atoms with Crippen LogP contribution in [0.5, 0.6) is 5.75 Å². The lowest BCUT2D eigenvalue weighted by molar-refractivity contribution is -0.136. The SMILES string of the molecule is Cc1ccc(NC(=O)C(=O)N/N=C\c2ccccc2OCC(=O)Nc2c(C)cccc2C)cc1. The van der Waals surface area contributed by atoms with E-state index in [0.29, 0.717) is 17.0 Å². The van der Waals surface area contributed by atoms with Gasteiger partial charge in [-0.3, -0.25) is 14.4 Å². The van der Waals surface area contributed by atoms with Gasteiger partial charge in [0.15, 0.2) is 6.61 Å². The Morgan fingerprint density at radius 2 is 1.50 bits per heavy atom. The zero-order valence-electron chi connectivity index (χ0n) is 19.2. The van der Waals surface area contributed by atoms with Gasteiger partial charge in [0.1, 0.15) is 5.75 Å². The van der Waals surface area contributed by atoms with Crippen LogP contribution in [0.2, 0.25) is 0 Å². The van der Waals surface area contributed by atoms with Crippen molar-refractivity contribution in [2.45, 2.75) is 20.8 Å². The molecule has 0 atom stereocenters. The molecule has 8 heteroatoms. The Balaban J connectivity index is 1.55. The molecule has 0 aromatic heterocycles. The van der Waals surface area contributed by atoms with Crippen LogP contribution >= 0.6 is 0 Å². The van der Waals surface area contributed by atoms with Gasteiger partial charge in [-0.2, -0.15) is 5.10 Å². The van der Waals surface area contributed by atoms with Gasteiger partial charge in [-0.05, 0) is 56.2 Å². The van der Waals surface area contributed by atoms with Gasteiger partial charge in [0.25, 0.3) is 5.91 Å². The van der Waals surface area contributed by atoms with Crippen molar-refractivity contribution in [3.63, 3.8) is 0 Å². The quantitative estimate of drug-likeness (QED) is 0.285. The summed E-state index contributed by atoms with van der Waals surface area (Å²) >= 11 is 0. The third-order valence-corrected chi connectivity index (χ3v) is 4.91. The van der Waals surface area contributed by atoms with E-state index in [1.807, 2.05) is 51.1 Å². The Morgan fingerprint density at radius 3 is 2.21 bits per heavy atom. The van der Waals surface area contributed by atoms with E-state index < -0.39 is 11.8 Å². The van der Waals surface area contributed by atoms with E-state index in [2.05, 4.69) is 21.2 Å². The minimum Gasteiger partial charge on any atom is -0.483 e. The van der Waals surface area contributed by atoms with Crippen molar-refractivity contribution in [3.8, 4) is 5.75 Å². The minimum atomic E-state index is -0.914. The van der Waals surface area contributed by atoms with Gasteiger partial charge >= 0.3 is 11.8 Å². The number of nitrogens with one attached hydrogen (secondary N) is 3. The lowest BCUT2D eigenvalue weighted by atomic mass is 10.1. The molecule has 0 aliphatic heterocycles. The highest BCUT2D eigenvalue weighted by atomic mass is 16.5. The second-order valence-corrected chi connectivity index (χ2v) is 7.66. The number of anilines is 2. The van der Waals surface area contributed by atoms with E-state index >= 15 is 0 Å². The van der Waals surface area contributed by atoms with Crippen LogP contribution in [0.1, 0.15) is 22.3 Å². The first-order valence-electron chi connectivity index (χ1n) is 10.6. The molecule has 0 aliphatic rings. The molecular weight excluding hydrogens is 432 g/mol. The monoisotopic (exact) mass is 458 g/mol. The van der Waals surface area contributed by atoms with Gasteiger partial charge in [-0.1, -0.05) is 48.0 Å². The van der Waals surface area contributed by atoms with Crippen LogP contribution in [0, 0.1) is 20.8 Å². The van der Waals surface area contributed by atoms with Crippen LogP contribution in [-0.4, -0.2) is 30.5 Å². The average Bonchev–Trinajstić information content (AvgIpc) is 2.82. The maximum atomic E-state index is 12.4. The zero-order valence-corrected chi connectivity index (χ0v) is 19.2. The van der Waals surface area contributed by atoms with Crippen molar-refractivity contribution in [1.82, 2.24) is 5.43 Å². The van der Waals surface area contributed by atoms with Gasteiger partial charge in [0, 0.05) is 16.9 Å². The molecule has 34 heavy (non-hydrogen) atoms. The Hall–Kier alpha value is -4.46. The molecule has 3 aromatic carbocycles. The number of amides is 3. The average molecular weight is 459 g/mol. The number of hydrogen-bond donors (Lipinski definition) is 3. The van der Waals surface area contributed by atoms with Crippen LogP contribution in [0.25, 0.3) is 0 Å². The van der Waals surface area contributed by atoms with Crippen molar-refractivity contribution >= 4 is 35.3 Å². The van der Waals surface area contributed by atoms with E-state index in [1.165, 1.54) is 6.21 Å². The third-order valence-electron chi connectivity index (χ3n) is 4.91. The molecule has 0 unspecified atom stereocenters. The molecule has 0 aliphatic carbocycles. The van der Waals surface area contributed by atoms with Crippen molar-refractivity contribution in [2.75, 3.05) is 17.2 Å². The highest BCUT2D eigenvalue weighted by Crippen LogP contribution is 2.20. The standard InChI is InChI=1S/C26H26N4O4/c1-17-11-13-21(14-12-17)28-25(32)26(33)30-27-15-20-9-4-5-10-22(20)34-16-23(31)29-24-18(2)7-6-8-19(24)3/h4-15H,16H2,1-3H3,(H,28,32)(H,29,31)(H,30,33)/b27-15-. The molecule has 174 valence electrons. The number of hydrogen-bond acceptors (Lipinski definition) is 5. The lowest BCUT2D eigenvalue weighted by Crippen LogP contribution is -2.32. The fraction of sp³-hybridized carbons (Fsp3) is 0.154. The molecule has 0 saturated carbocycles. The predicted octanol–water partition coefficient (Wildman–Crippen LogP) is 3.72. The predicted molar refractivity (Wildman–Crippen MR) is 132 cm³/mol. The Kier molecular flexibility index (Phi) is 8.12. The van der Waals surface area contributed by atoms with Crippen LogP contribution in [0.3, 0.4) is 0 Å². The molecular formula is C26H26N4O4. The summed E-state index contributed by atoms with van der Waals surface area (Å²) in [6.45, 7) is 5.56. The second kappa shape index (κ2) is 11.4. The highest BCUT2D eigenvalue weighted by Gasteiger charge is 2.13. The first kappa shape index (κ1) is 24.2. The summed E-state index contributed by atoms with van der Waals surface area (Å²) in [7, 11) is 0. The van der Waals surface area contributed by atoms with E-state index in [0.717, 1.165) is 22.4 Å². The number of aryl methyl sites for hydroxylation is 3. The maximum absolute atomic E-state index is 12.4. The molecule has 8 nitrogen and oxygen atoms in total. The lowest BCUT2D eigenvalue weighted by Gasteiger charge is -2.13. The number of carbonyl (C=O) groups is 3. The number of ether oxygens (including phenoxy) is 1. The highest BCUT2D eigenvalue weighted by molar-refractivity contribution is 6.39. The van der Waals surface area contributed by atoms with Gasteiger partial charge in [-0.15, -0.1) is 0 Å². The van der Waals surface area contributed by atoms with Crippen LogP contribution in [0.15, 0.2) is 71.8 Å². The largest absolute Gasteiger partial charge is 0.483 e. The molecule has 0 bridgehead atoms. The van der Waals surface area contributed by atoms with E-state index in [-0.39, 0.29) is 12.5 Å². The molecule has 0 saturated heterocycles. The summed E-state index contributed by atoms with van der Waals surface area (Å²) in [4.78, 5) is 36.4. The van der Waals surface area contributed by atoms with Gasteiger partial charge in [0.2, 0.25) is 0 Å². The number of rotatable bonds is 7. The summed E-state index contributed by atoms with van der Waals surface area (Å²) in [6, 6.07) is 19.7. The topological polar surface area (TPSA) is 109 Å². The first-order chi connectivity index (χ1) is 16.3. The third kappa shape index (κ3) is 6.77. The number of carbonyl (C=O) groups excluding carboxylic acids is 3. The molecule has 3 amide bonds. The van der Waals surface area contributed by atoms with Gasteiger partial charge in [0.05, 0.1) is 6.21 Å². The Bertz CT molecular complexity index is 1200. The fourth-order valence-electron chi connectivity index (χ4n) is 3.09. The van der Waals surface area contributed by atoms with Crippen LogP contribution < -0.4 is 20.8 Å². The van der Waals surface area contributed by atoms with Crippen LogP contribution in [-0.2, 0) is 14.4 Å². The summed E-state index contributed by atoms with van der Waals surface area (Å²) in [5.74, 6) is -1.65. The summed E-state index contributed by atoms with van der Waals surface area (Å²) in [5.41, 5.74) is 6.94. The Labute approximate surface area is 198 Å². The second-order valence-electron chi connectivity index (χ2n) is 7.66. The first-order valence-corrected chi connectivity index (χ1v) is 10.6. The number of nitrogens with zero attached hydrogens (tertiary/aromatic N) is 1. The summed E-state index contributed by atoms with van der Waals surface area (Å²) in [5, 5.41) is 9.19. The molecule has 0 radical (unpaired) electrons. The zero-order chi connectivity index (χ0) is 24.5. The molecule has 0 fully saturated rings. The molecule has 3 rings (SSSR count). The van der Waals surface area contributed by atoms with Gasteiger partial charge in [-0.25, -0.2) is 5.43 Å². The van der Waals surface area contributed by atoms with Crippen molar-refractivity contribution in [1.29, 1.82) is 0 Å². The van der Waals surface area contributed by atoms with Gasteiger partial charge < -0.3 is 15.4 Å². The normalized spacial score (nSPS) is 10.6. The molecule has 0 spiro atoms.